The summed E-state index contributed by atoms with van der Waals surface area (Å²) in [7, 11) is 2.07. The zero-order chi connectivity index (χ0) is 14.3. The normalized spacial score (nSPS) is 16.4. The third-order valence-corrected chi connectivity index (χ3v) is 6.21. The van der Waals surface area contributed by atoms with Crippen LogP contribution in [0.2, 0.25) is 0 Å². The van der Waals surface area contributed by atoms with E-state index in [0.717, 1.165) is 14.9 Å². The van der Waals surface area contributed by atoms with Crippen LogP contribution >= 0.6 is 43.2 Å². The number of aryl methyl sites for hydroxylation is 1. The number of thiophene rings is 1. The van der Waals surface area contributed by atoms with Gasteiger partial charge < -0.3 is 5.32 Å². The molecule has 0 saturated heterocycles. The molecule has 1 fully saturated rings. The van der Waals surface area contributed by atoms with Gasteiger partial charge >= 0.3 is 0 Å². The Morgan fingerprint density at radius 1 is 1.20 bits per heavy atom. The topological polar surface area (TPSA) is 12.0 Å². The van der Waals surface area contributed by atoms with Crippen LogP contribution in [-0.4, -0.2) is 7.05 Å². The number of hydrogen-bond donors (Lipinski definition) is 1. The molecule has 2 aromatic rings. The highest BCUT2D eigenvalue weighted by Crippen LogP contribution is 2.46. The highest BCUT2D eigenvalue weighted by atomic mass is 79.9. The number of benzene rings is 1. The van der Waals surface area contributed by atoms with Gasteiger partial charge in [0.1, 0.15) is 0 Å². The highest BCUT2D eigenvalue weighted by Gasteiger charge is 2.32. The molecule has 0 amide bonds. The molecule has 3 rings (SSSR count). The summed E-state index contributed by atoms with van der Waals surface area (Å²) in [5.41, 5.74) is 2.52. The maximum absolute atomic E-state index is 3.70. The summed E-state index contributed by atoms with van der Waals surface area (Å²) in [5.74, 6) is 0.830. The first-order valence-corrected chi connectivity index (χ1v) is 9.23. The molecule has 1 aromatic carbocycles. The van der Waals surface area contributed by atoms with Crippen LogP contribution in [0.4, 0.5) is 0 Å². The summed E-state index contributed by atoms with van der Waals surface area (Å²) in [5, 5.41) is 3.47. The van der Waals surface area contributed by atoms with Crippen molar-refractivity contribution in [1.82, 2.24) is 5.32 Å². The Morgan fingerprint density at radius 3 is 2.40 bits per heavy atom. The summed E-state index contributed by atoms with van der Waals surface area (Å²) in [6.07, 6.45) is 2.72. The third kappa shape index (κ3) is 2.89. The molecule has 1 N–H and O–H groups in total. The Hall–Kier alpha value is -0.160. The number of halogens is 2. The molecule has 1 saturated carbocycles. The average Bonchev–Trinajstić information content (AvgIpc) is 3.09. The van der Waals surface area contributed by atoms with Crippen molar-refractivity contribution in [3.63, 3.8) is 0 Å². The van der Waals surface area contributed by atoms with Gasteiger partial charge in [-0.1, -0.05) is 31.9 Å². The second-order valence-corrected chi connectivity index (χ2v) is 8.23. The van der Waals surface area contributed by atoms with Gasteiger partial charge in [-0.05, 0) is 62.6 Å². The molecule has 0 spiro atoms. The summed E-state index contributed by atoms with van der Waals surface area (Å²) in [4.78, 5) is 2.77. The fourth-order valence-electron chi connectivity index (χ4n) is 2.63. The van der Waals surface area contributed by atoms with Crippen molar-refractivity contribution in [3.8, 4) is 10.4 Å². The van der Waals surface area contributed by atoms with Crippen LogP contribution in [0.5, 0.6) is 0 Å². The first kappa shape index (κ1) is 14.8. The van der Waals surface area contributed by atoms with E-state index in [1.165, 1.54) is 33.7 Å². The van der Waals surface area contributed by atoms with E-state index < -0.39 is 0 Å². The molecule has 106 valence electrons. The minimum atomic E-state index is 0.525. The van der Waals surface area contributed by atoms with Crippen LogP contribution in [0.15, 0.2) is 33.2 Å². The predicted octanol–water partition coefficient (Wildman–Crippen LogP) is 5.92. The van der Waals surface area contributed by atoms with Crippen LogP contribution in [0, 0.1) is 12.8 Å². The van der Waals surface area contributed by atoms with E-state index in [-0.39, 0.29) is 0 Å². The van der Waals surface area contributed by atoms with Gasteiger partial charge in [0.2, 0.25) is 0 Å². The van der Waals surface area contributed by atoms with E-state index in [0.29, 0.717) is 6.04 Å². The maximum Gasteiger partial charge on any atom is 0.0441 e. The first-order valence-electron chi connectivity index (χ1n) is 6.83. The zero-order valence-corrected chi connectivity index (χ0v) is 15.5. The molecule has 0 aliphatic heterocycles. The van der Waals surface area contributed by atoms with E-state index in [2.05, 4.69) is 75.4 Å². The molecule has 1 aromatic heterocycles. The summed E-state index contributed by atoms with van der Waals surface area (Å²) in [6.45, 7) is 2.11. The Labute approximate surface area is 141 Å². The summed E-state index contributed by atoms with van der Waals surface area (Å²) < 4.78 is 2.32. The van der Waals surface area contributed by atoms with Crippen molar-refractivity contribution in [1.29, 1.82) is 0 Å². The van der Waals surface area contributed by atoms with Crippen LogP contribution in [0.25, 0.3) is 10.4 Å². The van der Waals surface area contributed by atoms with E-state index in [4.69, 9.17) is 0 Å². The molecule has 20 heavy (non-hydrogen) atoms. The standard InChI is InChI=1S/C16H17Br2NS/c1-9-7-11(17)15(12(18)8-9)13-5-6-14(20-13)16(19-2)10-3-4-10/h5-8,10,16,19H,3-4H2,1-2H3. The second-order valence-electron chi connectivity index (χ2n) is 5.41. The lowest BCUT2D eigenvalue weighted by molar-refractivity contribution is 0.537. The molecule has 1 unspecified atom stereocenters. The van der Waals surface area contributed by atoms with Gasteiger partial charge in [0.15, 0.2) is 0 Å². The third-order valence-electron chi connectivity index (χ3n) is 3.77. The SMILES string of the molecule is CNC(c1ccc(-c2c(Br)cc(C)cc2Br)s1)C1CC1. The molecule has 4 heteroatoms. The smallest absolute Gasteiger partial charge is 0.0441 e. The molecule has 1 nitrogen and oxygen atoms in total. The van der Waals surface area contributed by atoms with E-state index in [1.807, 2.05) is 11.3 Å². The van der Waals surface area contributed by atoms with Crippen LogP contribution in [0.1, 0.15) is 29.3 Å². The second kappa shape index (κ2) is 5.91. The average molecular weight is 415 g/mol. The van der Waals surface area contributed by atoms with Crippen LogP contribution in [0.3, 0.4) is 0 Å². The molecule has 1 aliphatic rings. The van der Waals surface area contributed by atoms with Gasteiger partial charge in [0.05, 0.1) is 0 Å². The first-order chi connectivity index (χ1) is 9.60. The van der Waals surface area contributed by atoms with E-state index in [9.17, 15) is 0 Å². The Bertz CT molecular complexity index is 608. The fraction of sp³-hybridized carbons (Fsp3) is 0.375. The molecular formula is C16H17Br2NS. The zero-order valence-electron chi connectivity index (χ0n) is 11.5. The Kier molecular flexibility index (Phi) is 4.37. The van der Waals surface area contributed by atoms with Crippen molar-refractivity contribution >= 4 is 43.2 Å². The Morgan fingerprint density at radius 2 is 1.85 bits per heavy atom. The molecule has 1 atom stereocenters. The van der Waals surface area contributed by atoms with E-state index >= 15 is 0 Å². The number of rotatable bonds is 4. The lowest BCUT2D eigenvalue weighted by Gasteiger charge is -2.13. The Balaban J connectivity index is 1.97. The summed E-state index contributed by atoms with van der Waals surface area (Å²) in [6, 6.07) is 9.40. The maximum atomic E-state index is 3.70. The van der Waals surface area contributed by atoms with E-state index in [1.54, 1.807) is 0 Å². The monoisotopic (exact) mass is 413 g/mol. The lowest BCUT2D eigenvalue weighted by Crippen LogP contribution is -2.16. The molecule has 0 radical (unpaired) electrons. The largest absolute Gasteiger partial charge is 0.312 e. The summed E-state index contributed by atoms with van der Waals surface area (Å²) >= 11 is 9.30. The predicted molar refractivity (Wildman–Crippen MR) is 94.4 cm³/mol. The van der Waals surface area contributed by atoms with Gasteiger partial charge in [-0.25, -0.2) is 0 Å². The van der Waals surface area contributed by atoms with Gasteiger partial charge in [-0.15, -0.1) is 11.3 Å². The van der Waals surface area contributed by atoms with Crippen LogP contribution in [-0.2, 0) is 0 Å². The van der Waals surface area contributed by atoms with Gasteiger partial charge in [-0.2, -0.15) is 0 Å². The van der Waals surface area contributed by atoms with Gasteiger partial charge in [0, 0.05) is 30.3 Å². The number of nitrogens with one attached hydrogen (secondary N) is 1. The van der Waals surface area contributed by atoms with Crippen molar-refractivity contribution in [2.24, 2.45) is 5.92 Å². The molecule has 0 bridgehead atoms. The minimum Gasteiger partial charge on any atom is -0.312 e. The number of hydrogen-bond acceptors (Lipinski definition) is 2. The van der Waals surface area contributed by atoms with Crippen LogP contribution < -0.4 is 5.32 Å². The van der Waals surface area contributed by atoms with Crippen molar-refractivity contribution in [2.45, 2.75) is 25.8 Å². The van der Waals surface area contributed by atoms with Gasteiger partial charge in [0.25, 0.3) is 0 Å². The van der Waals surface area contributed by atoms with Gasteiger partial charge in [-0.3, -0.25) is 0 Å². The van der Waals surface area contributed by atoms with Crippen molar-refractivity contribution < 1.29 is 0 Å². The molecular weight excluding hydrogens is 398 g/mol. The highest BCUT2D eigenvalue weighted by molar-refractivity contribution is 9.11. The molecule has 1 aliphatic carbocycles. The quantitative estimate of drug-likeness (QED) is 0.654. The fourth-order valence-corrected chi connectivity index (χ4v) is 6.02. The van der Waals surface area contributed by atoms with Crippen molar-refractivity contribution in [3.05, 3.63) is 43.7 Å². The minimum absolute atomic E-state index is 0.525. The molecule has 1 heterocycles. The lowest BCUT2D eigenvalue weighted by atomic mass is 10.1. The van der Waals surface area contributed by atoms with Crippen molar-refractivity contribution in [2.75, 3.05) is 7.05 Å².